The van der Waals surface area contributed by atoms with Gasteiger partial charge >= 0.3 is 13.0 Å². The predicted molar refractivity (Wildman–Crippen MR) is 82.0 cm³/mol. The molecule has 0 fully saturated rings. The lowest BCUT2D eigenvalue weighted by molar-refractivity contribution is 0.0525. The van der Waals surface area contributed by atoms with Crippen molar-refractivity contribution in [1.82, 2.24) is 5.32 Å². The van der Waals surface area contributed by atoms with Crippen LogP contribution in [0.3, 0.4) is 0 Å². The first kappa shape index (κ1) is 15.0. The van der Waals surface area contributed by atoms with Crippen LogP contribution < -0.4 is 20.3 Å². The van der Waals surface area contributed by atoms with Crippen LogP contribution in [-0.2, 0) is 4.74 Å². The van der Waals surface area contributed by atoms with Crippen molar-refractivity contribution in [2.45, 2.75) is 38.6 Å². The van der Waals surface area contributed by atoms with Crippen molar-refractivity contribution in [3.8, 4) is 11.5 Å². The van der Waals surface area contributed by atoms with E-state index in [0.717, 1.165) is 11.0 Å². The monoisotopic (exact) mass is 305 g/mol. The fourth-order valence-corrected chi connectivity index (χ4v) is 2.94. The highest BCUT2D eigenvalue weighted by Crippen LogP contribution is 2.42. The van der Waals surface area contributed by atoms with E-state index in [1.807, 2.05) is 32.9 Å². The van der Waals surface area contributed by atoms with Gasteiger partial charge in [-0.15, -0.1) is 0 Å². The zero-order valence-corrected chi connectivity index (χ0v) is 13.0. The van der Waals surface area contributed by atoms with Gasteiger partial charge in [0, 0.05) is 12.5 Å². The molecule has 2 aliphatic heterocycles. The Kier molecular flexibility index (Phi) is 3.68. The smallest absolute Gasteiger partial charge is 0.407 e. The van der Waals surface area contributed by atoms with Crippen molar-refractivity contribution >= 4 is 18.5 Å². The van der Waals surface area contributed by atoms with Crippen molar-refractivity contribution in [2.75, 3.05) is 13.3 Å². The molecular formula is C15H20BNO5. The van der Waals surface area contributed by atoms with Gasteiger partial charge in [-0.2, -0.15) is 0 Å². The molecule has 0 saturated carbocycles. The summed E-state index contributed by atoms with van der Waals surface area (Å²) >= 11 is 0. The summed E-state index contributed by atoms with van der Waals surface area (Å²) in [6.07, 6.45) is 0.0884. The van der Waals surface area contributed by atoms with Crippen molar-refractivity contribution in [1.29, 1.82) is 0 Å². The third kappa shape index (κ3) is 2.85. The van der Waals surface area contributed by atoms with Gasteiger partial charge in [0.1, 0.15) is 5.60 Å². The average Bonchev–Trinajstić information content (AvgIpc) is 2.98. The van der Waals surface area contributed by atoms with E-state index in [2.05, 4.69) is 5.32 Å². The number of ether oxygens (including phenoxy) is 3. The summed E-state index contributed by atoms with van der Waals surface area (Å²) in [5.74, 6) is 1.36. The zero-order chi connectivity index (χ0) is 15.9. The topological polar surface area (TPSA) is 77.0 Å². The largest absolute Gasteiger partial charge is 0.454 e. The van der Waals surface area contributed by atoms with E-state index >= 15 is 0 Å². The number of fused-ring (bicyclic) bond motifs is 3. The van der Waals surface area contributed by atoms with Gasteiger partial charge < -0.3 is 24.6 Å². The van der Waals surface area contributed by atoms with Gasteiger partial charge in [-0.3, -0.25) is 0 Å². The number of rotatable bonds is 2. The van der Waals surface area contributed by atoms with Crippen LogP contribution in [-0.4, -0.2) is 37.0 Å². The summed E-state index contributed by atoms with van der Waals surface area (Å²) in [6.45, 7) is 5.49. The van der Waals surface area contributed by atoms with Crippen molar-refractivity contribution in [3.63, 3.8) is 0 Å². The standard InChI is InChI=1S/C15H20BNO5/c1-15(2,3)22-14(18)17-7-9-6-16(19)10-4-5-11-13(12(9)10)21-8-20-11/h4-5,9,19H,6-8H2,1-3H3,(H,17,18). The van der Waals surface area contributed by atoms with Crippen LogP contribution in [0, 0.1) is 0 Å². The molecule has 0 aromatic heterocycles. The van der Waals surface area contributed by atoms with Gasteiger partial charge in [-0.1, -0.05) is 6.07 Å². The van der Waals surface area contributed by atoms with E-state index in [-0.39, 0.29) is 12.7 Å². The highest BCUT2D eigenvalue weighted by molar-refractivity contribution is 6.68. The summed E-state index contributed by atoms with van der Waals surface area (Å²) < 4.78 is 16.1. The minimum absolute atomic E-state index is 0.0193. The van der Waals surface area contributed by atoms with Crippen LogP contribution in [0.25, 0.3) is 0 Å². The third-order valence-corrected chi connectivity index (χ3v) is 3.78. The van der Waals surface area contributed by atoms with Crippen molar-refractivity contribution in [3.05, 3.63) is 17.7 Å². The molecule has 0 radical (unpaired) electrons. The molecule has 2 heterocycles. The lowest BCUT2D eigenvalue weighted by atomic mass is 9.62. The fourth-order valence-electron chi connectivity index (χ4n) is 2.94. The van der Waals surface area contributed by atoms with Gasteiger partial charge in [-0.05, 0) is 44.2 Å². The maximum Gasteiger partial charge on any atom is 0.407 e. The summed E-state index contributed by atoms with van der Waals surface area (Å²) in [5.41, 5.74) is 1.24. The Morgan fingerprint density at radius 3 is 2.95 bits per heavy atom. The van der Waals surface area contributed by atoms with Gasteiger partial charge in [-0.25, -0.2) is 4.79 Å². The van der Waals surface area contributed by atoms with E-state index in [9.17, 15) is 9.82 Å². The molecule has 1 atom stereocenters. The first-order chi connectivity index (χ1) is 10.3. The van der Waals surface area contributed by atoms with E-state index < -0.39 is 18.6 Å². The molecule has 0 bridgehead atoms. The number of amides is 1. The van der Waals surface area contributed by atoms with E-state index in [1.165, 1.54) is 0 Å². The highest BCUT2D eigenvalue weighted by atomic mass is 16.7. The second-order valence-corrected chi connectivity index (χ2v) is 6.63. The van der Waals surface area contributed by atoms with E-state index in [4.69, 9.17) is 14.2 Å². The predicted octanol–water partition coefficient (Wildman–Crippen LogP) is 1.23. The lowest BCUT2D eigenvalue weighted by Gasteiger charge is -2.21. The molecule has 1 aromatic carbocycles. The Labute approximate surface area is 129 Å². The van der Waals surface area contributed by atoms with E-state index in [1.54, 1.807) is 0 Å². The molecule has 2 aliphatic rings. The summed E-state index contributed by atoms with van der Waals surface area (Å²) in [6, 6.07) is 3.68. The zero-order valence-electron chi connectivity index (χ0n) is 13.0. The molecule has 1 unspecified atom stereocenters. The first-order valence-corrected chi connectivity index (χ1v) is 7.42. The molecule has 0 saturated heterocycles. The van der Waals surface area contributed by atoms with Gasteiger partial charge in [0.2, 0.25) is 6.79 Å². The SMILES string of the molecule is CC(C)(C)OC(=O)NCC1CB(O)c2ccc3c(c21)OCO3. The Hall–Kier alpha value is -1.89. The van der Waals surface area contributed by atoms with Crippen LogP contribution in [0.2, 0.25) is 6.32 Å². The molecule has 3 rings (SSSR count). The van der Waals surface area contributed by atoms with E-state index in [0.29, 0.717) is 24.4 Å². The molecule has 0 aliphatic carbocycles. The number of benzene rings is 1. The Morgan fingerprint density at radius 2 is 2.23 bits per heavy atom. The number of nitrogens with one attached hydrogen (secondary N) is 1. The van der Waals surface area contributed by atoms with Crippen LogP contribution >= 0.6 is 0 Å². The van der Waals surface area contributed by atoms with Gasteiger partial charge in [0.05, 0.1) is 0 Å². The normalized spacial score (nSPS) is 19.1. The van der Waals surface area contributed by atoms with Gasteiger partial charge in [0.25, 0.3) is 0 Å². The highest BCUT2D eigenvalue weighted by Gasteiger charge is 2.38. The number of alkyl carbamates (subject to hydrolysis) is 1. The fraction of sp³-hybridized carbons (Fsp3) is 0.533. The van der Waals surface area contributed by atoms with Crippen LogP contribution in [0.5, 0.6) is 11.5 Å². The Bertz CT molecular complexity index is 598. The molecule has 1 aromatic rings. The summed E-state index contributed by atoms with van der Waals surface area (Å²) in [7, 11) is 0. The van der Waals surface area contributed by atoms with Crippen molar-refractivity contribution < 1.29 is 24.0 Å². The minimum Gasteiger partial charge on any atom is -0.454 e. The summed E-state index contributed by atoms with van der Waals surface area (Å²) in [5, 5.41) is 13.0. The molecule has 118 valence electrons. The number of hydrogen-bond donors (Lipinski definition) is 2. The number of hydrogen-bond acceptors (Lipinski definition) is 5. The van der Waals surface area contributed by atoms with Crippen LogP contribution in [0.15, 0.2) is 12.1 Å². The van der Waals surface area contributed by atoms with Crippen molar-refractivity contribution in [2.24, 2.45) is 0 Å². The number of carbonyl (C=O) groups excluding carboxylic acids is 1. The molecule has 0 spiro atoms. The van der Waals surface area contributed by atoms with Crippen LogP contribution in [0.4, 0.5) is 4.79 Å². The molecule has 22 heavy (non-hydrogen) atoms. The molecule has 6 nitrogen and oxygen atoms in total. The van der Waals surface area contributed by atoms with Gasteiger partial charge in [0.15, 0.2) is 11.5 Å². The Morgan fingerprint density at radius 1 is 1.45 bits per heavy atom. The molecule has 1 amide bonds. The van der Waals surface area contributed by atoms with Crippen LogP contribution in [0.1, 0.15) is 32.3 Å². The second kappa shape index (κ2) is 5.39. The number of carbonyl (C=O) groups is 1. The lowest BCUT2D eigenvalue weighted by Crippen LogP contribution is -2.34. The quantitative estimate of drug-likeness (QED) is 0.804. The molecular weight excluding hydrogens is 285 g/mol. The third-order valence-electron chi connectivity index (χ3n) is 3.78. The summed E-state index contributed by atoms with van der Waals surface area (Å²) in [4.78, 5) is 11.8. The minimum atomic E-state index is -0.546. The molecule has 7 heteroatoms. The molecule has 2 N–H and O–H groups in total. The Balaban J connectivity index is 1.73. The average molecular weight is 305 g/mol. The maximum absolute atomic E-state index is 11.8. The maximum atomic E-state index is 11.8. The first-order valence-electron chi connectivity index (χ1n) is 7.42. The second-order valence-electron chi connectivity index (χ2n) is 6.63.